The van der Waals surface area contributed by atoms with E-state index in [4.69, 9.17) is 10.9 Å². The number of halogens is 1. The number of benzene rings is 1. The second-order valence-corrected chi connectivity index (χ2v) is 6.39. The Bertz CT molecular complexity index is 535. The van der Waals surface area contributed by atoms with Gasteiger partial charge in [-0.25, -0.2) is 0 Å². The maximum atomic E-state index is 9.91. The molecule has 6 heteroatoms. The van der Waals surface area contributed by atoms with Crippen molar-refractivity contribution in [3.05, 3.63) is 28.2 Å². The summed E-state index contributed by atoms with van der Waals surface area (Å²) in [6.07, 6.45) is 3.55. The van der Waals surface area contributed by atoms with Crippen LogP contribution in [0.1, 0.15) is 31.2 Å². The van der Waals surface area contributed by atoms with Crippen molar-refractivity contribution in [2.24, 2.45) is 10.9 Å². The van der Waals surface area contributed by atoms with Crippen LogP contribution in [0, 0.1) is 0 Å². The van der Waals surface area contributed by atoms with Crippen LogP contribution in [0.4, 0.5) is 5.69 Å². The van der Waals surface area contributed by atoms with E-state index in [0.29, 0.717) is 12.1 Å². The highest BCUT2D eigenvalue weighted by atomic mass is 79.9. The Morgan fingerprint density at radius 3 is 2.55 bits per heavy atom. The Kier molecular flexibility index (Phi) is 3.60. The lowest BCUT2D eigenvalue weighted by atomic mass is 9.97. The Morgan fingerprint density at radius 2 is 1.95 bits per heavy atom. The summed E-state index contributed by atoms with van der Waals surface area (Å²) in [5.74, 6) is 0.109. The predicted molar refractivity (Wildman–Crippen MR) is 81.2 cm³/mol. The molecular formula is C14H18BrN3O2. The molecule has 3 rings (SSSR count). The average Bonchev–Trinajstić information content (AvgIpc) is 2.69. The Balaban J connectivity index is 2.05. The monoisotopic (exact) mass is 339 g/mol. The van der Waals surface area contributed by atoms with Crippen molar-refractivity contribution in [3.8, 4) is 0 Å². The molecule has 0 radical (unpaired) electrons. The minimum atomic E-state index is -0.205. The highest BCUT2D eigenvalue weighted by molar-refractivity contribution is 9.10. The molecule has 108 valence electrons. The molecule has 2 aliphatic heterocycles. The summed E-state index contributed by atoms with van der Waals surface area (Å²) in [5.41, 5.74) is 7.54. The van der Waals surface area contributed by atoms with Gasteiger partial charge in [0.15, 0.2) is 5.84 Å². The van der Waals surface area contributed by atoms with E-state index in [-0.39, 0.29) is 11.9 Å². The van der Waals surface area contributed by atoms with Crippen LogP contribution in [0.25, 0.3) is 0 Å². The van der Waals surface area contributed by atoms with Crippen LogP contribution in [0.2, 0.25) is 0 Å². The molecule has 4 N–H and O–H groups in total. The van der Waals surface area contributed by atoms with Gasteiger partial charge in [-0.05, 0) is 53.7 Å². The van der Waals surface area contributed by atoms with Gasteiger partial charge in [-0.15, -0.1) is 0 Å². The van der Waals surface area contributed by atoms with Gasteiger partial charge in [-0.2, -0.15) is 0 Å². The lowest BCUT2D eigenvalue weighted by Gasteiger charge is -2.40. The molecule has 1 aromatic rings. The lowest BCUT2D eigenvalue weighted by molar-refractivity contribution is 0.126. The molecular weight excluding hydrogens is 322 g/mol. The molecule has 0 amide bonds. The standard InChI is InChI=1S/C14H18BrN3O2/c15-11-2-1-3-12(13(11)14(16)17-20)18-8-4-5-9(18)7-10(19)6-8/h1-3,8-10,19-20H,4-7H2,(H2,16,17). The van der Waals surface area contributed by atoms with Gasteiger partial charge < -0.3 is 20.9 Å². The summed E-state index contributed by atoms with van der Waals surface area (Å²) in [5, 5.41) is 22.1. The minimum absolute atomic E-state index is 0.109. The summed E-state index contributed by atoms with van der Waals surface area (Å²) >= 11 is 3.48. The Labute approximate surface area is 126 Å². The number of rotatable bonds is 2. The molecule has 2 saturated heterocycles. The molecule has 0 aliphatic carbocycles. The van der Waals surface area contributed by atoms with Gasteiger partial charge in [-0.3, -0.25) is 0 Å². The summed E-state index contributed by atoms with van der Waals surface area (Å²) in [4.78, 5) is 2.34. The molecule has 5 nitrogen and oxygen atoms in total. The largest absolute Gasteiger partial charge is 0.409 e. The molecule has 2 heterocycles. The van der Waals surface area contributed by atoms with E-state index in [2.05, 4.69) is 26.0 Å². The van der Waals surface area contributed by atoms with Gasteiger partial charge >= 0.3 is 0 Å². The quantitative estimate of drug-likeness (QED) is 0.333. The molecule has 2 fully saturated rings. The van der Waals surface area contributed by atoms with Gasteiger partial charge in [-0.1, -0.05) is 11.2 Å². The Morgan fingerprint density at radius 1 is 1.30 bits per heavy atom. The molecule has 2 unspecified atom stereocenters. The third kappa shape index (κ3) is 2.16. The minimum Gasteiger partial charge on any atom is -0.409 e. The van der Waals surface area contributed by atoms with Crippen LogP contribution < -0.4 is 10.6 Å². The van der Waals surface area contributed by atoms with Crippen molar-refractivity contribution < 1.29 is 10.3 Å². The molecule has 0 saturated carbocycles. The van der Waals surface area contributed by atoms with E-state index in [0.717, 1.165) is 41.4 Å². The molecule has 2 aliphatic rings. The zero-order valence-electron chi connectivity index (χ0n) is 11.0. The first-order valence-corrected chi connectivity index (χ1v) is 7.64. The fraction of sp³-hybridized carbons (Fsp3) is 0.500. The highest BCUT2D eigenvalue weighted by Crippen LogP contribution is 2.41. The maximum absolute atomic E-state index is 9.91. The normalized spacial score (nSPS) is 29.8. The summed E-state index contributed by atoms with van der Waals surface area (Å²) in [6.45, 7) is 0. The van der Waals surface area contributed by atoms with Crippen molar-refractivity contribution in [2.75, 3.05) is 4.90 Å². The zero-order chi connectivity index (χ0) is 14.3. The average molecular weight is 340 g/mol. The maximum Gasteiger partial charge on any atom is 0.173 e. The van der Waals surface area contributed by atoms with E-state index in [1.807, 2.05) is 18.2 Å². The zero-order valence-corrected chi connectivity index (χ0v) is 12.6. The van der Waals surface area contributed by atoms with E-state index >= 15 is 0 Å². The van der Waals surface area contributed by atoms with Crippen LogP contribution in [0.15, 0.2) is 27.8 Å². The number of amidine groups is 1. The third-order valence-electron chi connectivity index (χ3n) is 4.34. The van der Waals surface area contributed by atoms with E-state index < -0.39 is 0 Å². The lowest BCUT2D eigenvalue weighted by Crippen LogP contribution is -2.45. The van der Waals surface area contributed by atoms with E-state index in [1.54, 1.807) is 0 Å². The molecule has 2 bridgehead atoms. The second-order valence-electron chi connectivity index (χ2n) is 5.54. The number of piperidine rings is 1. The number of nitrogens with zero attached hydrogens (tertiary/aromatic N) is 2. The fourth-order valence-electron chi connectivity index (χ4n) is 3.57. The van der Waals surface area contributed by atoms with Crippen molar-refractivity contribution in [2.45, 2.75) is 43.9 Å². The van der Waals surface area contributed by atoms with Crippen LogP contribution in [-0.2, 0) is 0 Å². The van der Waals surface area contributed by atoms with Gasteiger partial charge in [0.25, 0.3) is 0 Å². The van der Waals surface area contributed by atoms with Crippen molar-refractivity contribution >= 4 is 27.5 Å². The number of oxime groups is 1. The number of aliphatic hydroxyl groups excluding tert-OH is 1. The topological polar surface area (TPSA) is 82.1 Å². The van der Waals surface area contributed by atoms with Crippen LogP contribution >= 0.6 is 15.9 Å². The van der Waals surface area contributed by atoms with Crippen LogP contribution in [0.3, 0.4) is 0 Å². The third-order valence-corrected chi connectivity index (χ3v) is 5.00. The van der Waals surface area contributed by atoms with Gasteiger partial charge in [0, 0.05) is 22.2 Å². The first-order chi connectivity index (χ1) is 9.61. The molecule has 1 aromatic carbocycles. The number of nitrogens with two attached hydrogens (primary N) is 1. The number of anilines is 1. The Hall–Kier alpha value is -1.27. The van der Waals surface area contributed by atoms with Gasteiger partial charge in [0.05, 0.1) is 11.7 Å². The van der Waals surface area contributed by atoms with Crippen molar-refractivity contribution in [1.82, 2.24) is 0 Å². The molecule has 0 aromatic heterocycles. The number of hydrogen-bond donors (Lipinski definition) is 3. The summed E-state index contributed by atoms with van der Waals surface area (Å²) in [6, 6.07) is 6.52. The second kappa shape index (κ2) is 5.26. The van der Waals surface area contributed by atoms with Gasteiger partial charge in [0.2, 0.25) is 0 Å². The van der Waals surface area contributed by atoms with E-state index in [9.17, 15) is 5.11 Å². The van der Waals surface area contributed by atoms with Crippen LogP contribution in [-0.4, -0.2) is 34.3 Å². The van der Waals surface area contributed by atoms with Crippen molar-refractivity contribution in [1.29, 1.82) is 0 Å². The first-order valence-electron chi connectivity index (χ1n) is 6.84. The molecule has 0 spiro atoms. The smallest absolute Gasteiger partial charge is 0.173 e. The molecule has 20 heavy (non-hydrogen) atoms. The van der Waals surface area contributed by atoms with Gasteiger partial charge in [0.1, 0.15) is 0 Å². The van der Waals surface area contributed by atoms with Crippen LogP contribution in [0.5, 0.6) is 0 Å². The predicted octanol–water partition coefficient (Wildman–Crippen LogP) is 2.04. The summed E-state index contributed by atoms with van der Waals surface area (Å²) < 4.78 is 0.816. The number of aliphatic hydroxyl groups is 1. The molecule has 2 atom stereocenters. The fourth-order valence-corrected chi connectivity index (χ4v) is 4.13. The first kappa shape index (κ1) is 13.7. The number of hydrogen-bond acceptors (Lipinski definition) is 4. The highest BCUT2D eigenvalue weighted by Gasteiger charge is 2.41. The van der Waals surface area contributed by atoms with Crippen molar-refractivity contribution in [3.63, 3.8) is 0 Å². The number of fused-ring (bicyclic) bond motifs is 2. The van der Waals surface area contributed by atoms with E-state index in [1.165, 1.54) is 0 Å². The SMILES string of the molecule is N/C(=N/O)c1c(Br)cccc1N1C2CCC1CC(O)C2. The summed E-state index contributed by atoms with van der Waals surface area (Å²) in [7, 11) is 0.